The fraction of sp³-hybridized carbons (Fsp3) is 0.500. The number of hydrogen-bond donors (Lipinski definition) is 0. The van der Waals surface area contributed by atoms with Crippen molar-refractivity contribution in [1.82, 2.24) is 4.90 Å². The molecule has 0 aliphatic carbocycles. The summed E-state index contributed by atoms with van der Waals surface area (Å²) >= 11 is 0. The van der Waals surface area contributed by atoms with E-state index in [9.17, 15) is 0 Å². The van der Waals surface area contributed by atoms with E-state index in [0.29, 0.717) is 0 Å². The van der Waals surface area contributed by atoms with Gasteiger partial charge >= 0.3 is 0 Å². The Labute approximate surface area is 109 Å². The lowest BCUT2D eigenvalue weighted by molar-refractivity contribution is 0.196. The second-order valence-corrected chi connectivity index (χ2v) is 5.28. The molecule has 1 aromatic rings. The molecule has 1 fully saturated rings. The Kier molecular flexibility index (Phi) is 3.26. The number of benzene rings is 1. The molecule has 0 unspecified atom stereocenters. The molecule has 0 saturated carbocycles. The summed E-state index contributed by atoms with van der Waals surface area (Å²) in [5.41, 5.74) is 2.70. The van der Waals surface area contributed by atoms with E-state index in [0.717, 1.165) is 11.8 Å². The quantitative estimate of drug-likeness (QED) is 0.785. The minimum absolute atomic E-state index is 0.789. The monoisotopic (exact) mass is 243 g/mol. The van der Waals surface area contributed by atoms with Gasteiger partial charge in [0.25, 0.3) is 0 Å². The van der Waals surface area contributed by atoms with Crippen molar-refractivity contribution in [3.8, 4) is 5.75 Å². The first-order valence-corrected chi connectivity index (χ1v) is 6.98. The normalized spacial score (nSPS) is 23.3. The molecule has 0 N–H and O–H groups in total. The van der Waals surface area contributed by atoms with Crippen LogP contribution in [0.3, 0.4) is 0 Å². The van der Waals surface area contributed by atoms with E-state index in [2.05, 4.69) is 29.3 Å². The Morgan fingerprint density at radius 1 is 1.17 bits per heavy atom. The van der Waals surface area contributed by atoms with Crippen LogP contribution in [0.15, 0.2) is 30.5 Å². The van der Waals surface area contributed by atoms with Gasteiger partial charge in [-0.1, -0.05) is 18.2 Å². The van der Waals surface area contributed by atoms with Gasteiger partial charge in [-0.2, -0.15) is 0 Å². The predicted molar refractivity (Wildman–Crippen MR) is 74.6 cm³/mol. The molecule has 3 rings (SSSR count). The Hall–Kier alpha value is -1.44. The van der Waals surface area contributed by atoms with Gasteiger partial charge in [0.1, 0.15) is 5.75 Å². The number of fused-ring (bicyclic) bond motifs is 1. The SMILES string of the molecule is COc1ccccc1C1=CN2CCCC[C@@H]2CC1. The molecule has 0 amide bonds. The van der Waals surface area contributed by atoms with Gasteiger partial charge in [0.15, 0.2) is 0 Å². The molecule has 2 aliphatic rings. The van der Waals surface area contributed by atoms with Gasteiger partial charge in [0.2, 0.25) is 0 Å². The molecule has 2 heterocycles. The van der Waals surface area contributed by atoms with Crippen molar-refractivity contribution in [2.24, 2.45) is 0 Å². The molecule has 0 radical (unpaired) electrons. The average Bonchev–Trinajstić information content (AvgIpc) is 2.46. The first-order chi connectivity index (χ1) is 8.88. The van der Waals surface area contributed by atoms with Crippen molar-refractivity contribution in [1.29, 1.82) is 0 Å². The van der Waals surface area contributed by atoms with Crippen molar-refractivity contribution < 1.29 is 4.74 Å². The summed E-state index contributed by atoms with van der Waals surface area (Å²) in [5.74, 6) is 0.999. The number of ether oxygens (including phenoxy) is 1. The zero-order chi connectivity index (χ0) is 12.4. The highest BCUT2D eigenvalue weighted by atomic mass is 16.5. The van der Waals surface area contributed by atoms with Crippen molar-refractivity contribution in [2.75, 3.05) is 13.7 Å². The zero-order valence-electron chi connectivity index (χ0n) is 11.1. The number of rotatable bonds is 2. The highest BCUT2D eigenvalue weighted by molar-refractivity contribution is 5.71. The van der Waals surface area contributed by atoms with Crippen molar-refractivity contribution in [3.63, 3.8) is 0 Å². The molecule has 2 heteroatoms. The summed E-state index contributed by atoms with van der Waals surface area (Å²) in [7, 11) is 1.76. The Balaban J connectivity index is 1.90. The van der Waals surface area contributed by atoms with Crippen LogP contribution in [-0.2, 0) is 0 Å². The van der Waals surface area contributed by atoms with Crippen LogP contribution in [0.4, 0.5) is 0 Å². The van der Waals surface area contributed by atoms with Crippen LogP contribution in [0.2, 0.25) is 0 Å². The van der Waals surface area contributed by atoms with Crippen molar-refractivity contribution in [3.05, 3.63) is 36.0 Å². The van der Waals surface area contributed by atoms with Gasteiger partial charge < -0.3 is 9.64 Å². The number of methoxy groups -OCH3 is 1. The summed E-state index contributed by atoms with van der Waals surface area (Å²) in [4.78, 5) is 2.55. The summed E-state index contributed by atoms with van der Waals surface area (Å²) in [5, 5.41) is 0. The maximum atomic E-state index is 5.48. The molecular formula is C16H21NO. The van der Waals surface area contributed by atoms with Crippen LogP contribution in [0.5, 0.6) is 5.75 Å². The highest BCUT2D eigenvalue weighted by Crippen LogP contribution is 2.35. The minimum Gasteiger partial charge on any atom is -0.496 e. The smallest absolute Gasteiger partial charge is 0.126 e. The van der Waals surface area contributed by atoms with Crippen LogP contribution in [0.1, 0.15) is 37.7 Å². The van der Waals surface area contributed by atoms with Crippen LogP contribution in [-0.4, -0.2) is 24.6 Å². The molecule has 0 spiro atoms. The minimum atomic E-state index is 0.789. The molecular weight excluding hydrogens is 222 g/mol. The maximum Gasteiger partial charge on any atom is 0.126 e. The third kappa shape index (κ3) is 2.12. The van der Waals surface area contributed by atoms with Crippen LogP contribution in [0.25, 0.3) is 5.57 Å². The second-order valence-electron chi connectivity index (χ2n) is 5.28. The standard InChI is InChI=1S/C16H21NO/c1-18-16-8-3-2-7-15(16)13-9-10-14-6-4-5-11-17(14)12-13/h2-3,7-8,12,14H,4-6,9-11H2,1H3/t14-/m1/s1. The van der Waals surface area contributed by atoms with E-state index in [1.165, 1.54) is 49.8 Å². The highest BCUT2D eigenvalue weighted by Gasteiger charge is 2.25. The predicted octanol–water partition coefficient (Wildman–Crippen LogP) is 3.68. The molecule has 1 aromatic carbocycles. The second kappa shape index (κ2) is 5.05. The molecule has 1 atom stereocenters. The largest absolute Gasteiger partial charge is 0.496 e. The van der Waals surface area contributed by atoms with E-state index in [4.69, 9.17) is 4.74 Å². The van der Waals surface area contributed by atoms with E-state index >= 15 is 0 Å². The summed E-state index contributed by atoms with van der Waals surface area (Å²) in [6.07, 6.45) is 8.97. The van der Waals surface area contributed by atoms with Gasteiger partial charge in [-0.3, -0.25) is 0 Å². The number of para-hydroxylation sites is 1. The van der Waals surface area contributed by atoms with E-state index < -0.39 is 0 Å². The van der Waals surface area contributed by atoms with Crippen LogP contribution in [0, 0.1) is 0 Å². The molecule has 96 valence electrons. The van der Waals surface area contributed by atoms with Crippen molar-refractivity contribution >= 4 is 5.57 Å². The fourth-order valence-corrected chi connectivity index (χ4v) is 3.20. The van der Waals surface area contributed by atoms with Crippen molar-refractivity contribution in [2.45, 2.75) is 38.1 Å². The molecule has 0 aromatic heterocycles. The number of piperidine rings is 1. The summed E-state index contributed by atoms with van der Waals surface area (Å²) in [6, 6.07) is 9.15. The lowest BCUT2D eigenvalue weighted by Crippen LogP contribution is -2.37. The first kappa shape index (κ1) is 11.6. The average molecular weight is 243 g/mol. The topological polar surface area (TPSA) is 12.5 Å². The van der Waals surface area contributed by atoms with Gasteiger partial charge in [-0.15, -0.1) is 0 Å². The fourth-order valence-electron chi connectivity index (χ4n) is 3.20. The third-order valence-corrected chi connectivity index (χ3v) is 4.19. The Morgan fingerprint density at radius 3 is 2.94 bits per heavy atom. The molecule has 2 nitrogen and oxygen atoms in total. The van der Waals surface area contributed by atoms with E-state index in [-0.39, 0.29) is 0 Å². The van der Waals surface area contributed by atoms with Crippen LogP contribution < -0.4 is 4.74 Å². The molecule has 2 aliphatic heterocycles. The van der Waals surface area contributed by atoms with Gasteiger partial charge in [-0.05, 0) is 43.7 Å². The first-order valence-electron chi connectivity index (χ1n) is 6.98. The lowest BCUT2D eigenvalue weighted by Gasteiger charge is -2.39. The molecule has 18 heavy (non-hydrogen) atoms. The number of hydrogen-bond acceptors (Lipinski definition) is 2. The summed E-state index contributed by atoms with van der Waals surface area (Å²) < 4.78 is 5.48. The van der Waals surface area contributed by atoms with Gasteiger partial charge in [-0.25, -0.2) is 0 Å². The molecule has 1 saturated heterocycles. The lowest BCUT2D eigenvalue weighted by atomic mass is 9.90. The van der Waals surface area contributed by atoms with E-state index in [1.54, 1.807) is 7.11 Å². The zero-order valence-corrected chi connectivity index (χ0v) is 11.1. The molecule has 0 bridgehead atoms. The Morgan fingerprint density at radius 2 is 2.06 bits per heavy atom. The van der Waals surface area contributed by atoms with Gasteiger partial charge in [0.05, 0.1) is 7.11 Å². The van der Waals surface area contributed by atoms with Crippen LogP contribution >= 0.6 is 0 Å². The number of allylic oxidation sites excluding steroid dienone is 1. The summed E-state index contributed by atoms with van der Waals surface area (Å²) in [6.45, 7) is 1.23. The van der Waals surface area contributed by atoms with Gasteiger partial charge in [0, 0.05) is 24.4 Å². The van der Waals surface area contributed by atoms with E-state index in [1.807, 2.05) is 6.07 Å². The third-order valence-electron chi connectivity index (χ3n) is 4.19. The Bertz CT molecular complexity index is 452. The maximum absolute atomic E-state index is 5.48. The number of nitrogens with zero attached hydrogens (tertiary/aromatic N) is 1.